The van der Waals surface area contributed by atoms with E-state index in [-0.39, 0.29) is 0 Å². The molecular formula is C14H14N3S+. The van der Waals surface area contributed by atoms with Crippen LogP contribution in [0.2, 0.25) is 0 Å². The molecule has 18 heavy (non-hydrogen) atoms. The van der Waals surface area contributed by atoms with E-state index >= 15 is 0 Å². The van der Waals surface area contributed by atoms with Crippen LogP contribution >= 0.6 is 11.3 Å². The number of nitrogens with one attached hydrogen (secondary N) is 1. The van der Waals surface area contributed by atoms with Gasteiger partial charge in [-0.2, -0.15) is 0 Å². The molecule has 0 radical (unpaired) electrons. The van der Waals surface area contributed by atoms with Crippen molar-refractivity contribution >= 4 is 27.2 Å². The molecule has 0 amide bonds. The Balaban J connectivity index is 2.46. The first-order chi connectivity index (χ1) is 8.69. The highest BCUT2D eigenvalue weighted by Gasteiger charge is 2.15. The number of rotatable bonds is 0. The van der Waals surface area contributed by atoms with Crippen molar-refractivity contribution in [2.45, 2.75) is 6.92 Å². The molecule has 1 aliphatic carbocycles. The van der Waals surface area contributed by atoms with Crippen LogP contribution in [0.1, 0.15) is 5.56 Å². The molecule has 90 valence electrons. The number of benzene rings is 2. The number of hydrogen-bond acceptors (Lipinski definition) is 3. The fourth-order valence-electron chi connectivity index (χ4n) is 2.03. The van der Waals surface area contributed by atoms with Crippen LogP contribution in [0.25, 0.3) is 20.8 Å². The van der Waals surface area contributed by atoms with Crippen LogP contribution in [0.5, 0.6) is 0 Å². The predicted octanol–water partition coefficient (Wildman–Crippen LogP) is 2.24. The summed E-state index contributed by atoms with van der Waals surface area (Å²) < 4.78 is 1.20. The standard InChI is InChI=1S/C14H13N3S/c1-8-10(15)4-6-12-14(8)18-13-7-9(16-2)3-5-11(13)17-12/h3-7H,15H2,1-2H3/p+1. The summed E-state index contributed by atoms with van der Waals surface area (Å²) in [6, 6.07) is 10.2. The number of nitrogens with zero attached hydrogens (tertiary/aromatic N) is 1. The fourth-order valence-corrected chi connectivity index (χ4v) is 3.16. The summed E-state index contributed by atoms with van der Waals surface area (Å²) in [5, 5.41) is 0.994. The van der Waals surface area contributed by atoms with Crippen LogP contribution in [0.15, 0.2) is 35.3 Å². The van der Waals surface area contributed by atoms with E-state index in [0.29, 0.717) is 0 Å². The smallest absolute Gasteiger partial charge is 0.221 e. The van der Waals surface area contributed by atoms with Crippen molar-refractivity contribution in [1.82, 2.24) is 0 Å². The Morgan fingerprint density at radius 1 is 1.22 bits per heavy atom. The van der Waals surface area contributed by atoms with Crippen molar-refractivity contribution in [2.75, 3.05) is 12.8 Å². The van der Waals surface area contributed by atoms with Gasteiger partial charge in [-0.05, 0) is 30.7 Å². The molecule has 1 aromatic rings. The molecule has 1 aromatic carbocycles. The Kier molecular flexibility index (Phi) is 2.52. The maximum absolute atomic E-state index is 5.96. The molecule has 1 aliphatic heterocycles. The molecule has 0 spiro atoms. The van der Waals surface area contributed by atoms with Crippen LogP contribution in [0.3, 0.4) is 0 Å². The monoisotopic (exact) mass is 256 g/mol. The molecule has 0 saturated carbocycles. The molecule has 0 unspecified atom stereocenters. The lowest BCUT2D eigenvalue weighted by Crippen LogP contribution is -2.12. The Morgan fingerprint density at radius 2 is 2.06 bits per heavy atom. The predicted molar refractivity (Wildman–Crippen MR) is 75.6 cm³/mol. The molecule has 0 atom stereocenters. The molecule has 0 bridgehead atoms. The molecule has 4 heteroatoms. The number of H-pyrrole nitrogens is 1. The van der Waals surface area contributed by atoms with Gasteiger partial charge in [0, 0.05) is 24.9 Å². The quantitative estimate of drug-likeness (QED) is 0.487. The normalized spacial score (nSPS) is 12.4. The summed E-state index contributed by atoms with van der Waals surface area (Å²) in [6.07, 6.45) is 0. The summed E-state index contributed by atoms with van der Waals surface area (Å²) in [6.45, 7) is 2.06. The van der Waals surface area contributed by atoms with Gasteiger partial charge in [0.2, 0.25) is 11.2 Å². The summed E-state index contributed by atoms with van der Waals surface area (Å²) in [5.74, 6) is 0. The van der Waals surface area contributed by atoms with Crippen LogP contribution < -0.4 is 16.1 Å². The zero-order valence-electron chi connectivity index (χ0n) is 10.3. The third kappa shape index (κ3) is 1.66. The van der Waals surface area contributed by atoms with Gasteiger partial charge in [-0.1, -0.05) is 0 Å². The van der Waals surface area contributed by atoms with Crippen molar-refractivity contribution in [3.63, 3.8) is 0 Å². The van der Waals surface area contributed by atoms with Gasteiger partial charge in [0.15, 0.2) is 0 Å². The van der Waals surface area contributed by atoms with Crippen molar-refractivity contribution in [1.29, 1.82) is 0 Å². The number of fused-ring (bicyclic) bond motifs is 2. The maximum Gasteiger partial charge on any atom is 0.221 e. The molecule has 0 saturated heterocycles. The Bertz CT molecular complexity index is 774. The van der Waals surface area contributed by atoms with Gasteiger partial charge in [-0.15, -0.1) is 11.3 Å². The Hall–Kier alpha value is -1.94. The van der Waals surface area contributed by atoms with Crippen LogP contribution in [0, 0.1) is 6.92 Å². The zero-order valence-corrected chi connectivity index (χ0v) is 11.1. The van der Waals surface area contributed by atoms with E-state index in [4.69, 9.17) is 5.73 Å². The van der Waals surface area contributed by atoms with Gasteiger partial charge in [0.1, 0.15) is 9.58 Å². The lowest BCUT2D eigenvalue weighted by molar-refractivity contribution is -0.330. The summed E-state index contributed by atoms with van der Waals surface area (Å²) in [4.78, 5) is 8.84. The third-order valence-corrected chi connectivity index (χ3v) is 4.44. The number of aromatic nitrogens is 1. The highest BCUT2D eigenvalue weighted by Crippen LogP contribution is 2.30. The number of nitrogens with two attached hydrogens (primary N) is 1. The van der Waals surface area contributed by atoms with Crippen LogP contribution in [0.4, 0.5) is 5.69 Å². The minimum absolute atomic E-state index is 0.836. The number of anilines is 1. The van der Waals surface area contributed by atoms with E-state index in [1.807, 2.05) is 18.2 Å². The summed E-state index contributed by atoms with van der Waals surface area (Å²) in [5.41, 5.74) is 10.2. The average molecular weight is 256 g/mol. The topological polar surface area (TPSA) is 52.5 Å². The second-order valence-corrected chi connectivity index (χ2v) is 5.34. The van der Waals surface area contributed by atoms with E-state index in [2.05, 4.69) is 29.0 Å². The number of aromatic amines is 1. The second kappa shape index (κ2) is 4.07. The van der Waals surface area contributed by atoms with Crippen molar-refractivity contribution in [2.24, 2.45) is 4.99 Å². The largest absolute Gasteiger partial charge is 0.398 e. The minimum Gasteiger partial charge on any atom is -0.398 e. The molecule has 3 N–H and O–H groups in total. The molecule has 0 aromatic heterocycles. The highest BCUT2D eigenvalue weighted by atomic mass is 32.1. The Morgan fingerprint density at radius 3 is 2.83 bits per heavy atom. The molecule has 2 aliphatic rings. The molecule has 3 rings (SSSR count). The summed E-state index contributed by atoms with van der Waals surface area (Å²) in [7, 11) is 1.81. The Labute approximate surface area is 109 Å². The third-order valence-electron chi connectivity index (χ3n) is 3.15. The second-order valence-electron chi connectivity index (χ2n) is 4.29. The lowest BCUT2D eigenvalue weighted by Gasteiger charge is -2.04. The van der Waals surface area contributed by atoms with Gasteiger partial charge < -0.3 is 5.73 Å². The van der Waals surface area contributed by atoms with Crippen molar-refractivity contribution in [3.05, 3.63) is 41.3 Å². The average Bonchev–Trinajstić information content (AvgIpc) is 2.41. The van der Waals surface area contributed by atoms with Gasteiger partial charge in [-0.3, -0.25) is 4.99 Å². The maximum atomic E-state index is 5.96. The lowest BCUT2D eigenvalue weighted by atomic mass is 10.2. The molecule has 1 heterocycles. The van der Waals surface area contributed by atoms with E-state index in [1.165, 1.54) is 9.58 Å². The SMILES string of the molecule is CN=c1ccc2[nH+]c3ccc(N)c(C)c3sc-2c1. The van der Waals surface area contributed by atoms with Crippen molar-refractivity contribution in [3.8, 4) is 10.6 Å². The van der Waals surface area contributed by atoms with E-state index in [9.17, 15) is 0 Å². The molecule has 0 fully saturated rings. The minimum atomic E-state index is 0.836. The van der Waals surface area contributed by atoms with Crippen LogP contribution in [-0.4, -0.2) is 7.05 Å². The first kappa shape index (κ1) is 11.2. The van der Waals surface area contributed by atoms with Gasteiger partial charge in [0.25, 0.3) is 0 Å². The van der Waals surface area contributed by atoms with Crippen LogP contribution in [-0.2, 0) is 0 Å². The van der Waals surface area contributed by atoms with E-state index in [0.717, 1.165) is 27.8 Å². The van der Waals surface area contributed by atoms with Gasteiger partial charge >= 0.3 is 0 Å². The number of aryl methyl sites for hydroxylation is 1. The first-order valence-electron chi connectivity index (χ1n) is 5.77. The number of nitrogen functional groups attached to an aromatic ring is 1. The molecule has 3 nitrogen and oxygen atoms in total. The highest BCUT2D eigenvalue weighted by molar-refractivity contribution is 7.21. The fraction of sp³-hybridized carbons (Fsp3) is 0.143. The van der Waals surface area contributed by atoms with E-state index < -0.39 is 0 Å². The van der Waals surface area contributed by atoms with E-state index in [1.54, 1.807) is 18.4 Å². The zero-order chi connectivity index (χ0) is 12.7. The van der Waals surface area contributed by atoms with Crippen molar-refractivity contribution < 1.29 is 4.98 Å². The summed E-state index contributed by atoms with van der Waals surface area (Å²) >= 11 is 1.75. The first-order valence-corrected chi connectivity index (χ1v) is 6.58. The number of hydrogen-bond donors (Lipinski definition) is 1. The van der Waals surface area contributed by atoms with Gasteiger partial charge in [0.05, 0.1) is 5.36 Å². The van der Waals surface area contributed by atoms with Gasteiger partial charge in [-0.25, -0.2) is 4.98 Å². The molecular weight excluding hydrogens is 242 g/mol.